The first-order chi connectivity index (χ1) is 11.6. The standard InChI is InChI=1S/C18H27NO5/c1-5-24-18(20)14-7-6-8-19(12-14)11-13-9-15(21-2)17(23-4)16(10-13)22-3/h9-10,14H,5-8,11-12H2,1-4H3/t14-/m1/s1. The van der Waals surface area contributed by atoms with Gasteiger partial charge in [-0.2, -0.15) is 0 Å². The minimum absolute atomic E-state index is 0.0410. The van der Waals surface area contributed by atoms with Crippen molar-refractivity contribution in [1.82, 2.24) is 4.90 Å². The van der Waals surface area contributed by atoms with Crippen LogP contribution in [0.25, 0.3) is 0 Å². The van der Waals surface area contributed by atoms with Crippen LogP contribution in [0.3, 0.4) is 0 Å². The van der Waals surface area contributed by atoms with Crippen LogP contribution in [0.15, 0.2) is 12.1 Å². The first kappa shape index (κ1) is 18.4. The molecule has 0 amide bonds. The molecule has 0 aromatic heterocycles. The Morgan fingerprint density at radius 1 is 1.17 bits per heavy atom. The van der Waals surface area contributed by atoms with Gasteiger partial charge in [0.2, 0.25) is 5.75 Å². The minimum atomic E-state index is -0.0907. The van der Waals surface area contributed by atoms with Crippen molar-refractivity contribution in [2.75, 3.05) is 41.0 Å². The molecular weight excluding hydrogens is 310 g/mol. The largest absolute Gasteiger partial charge is 0.493 e. The van der Waals surface area contributed by atoms with E-state index in [-0.39, 0.29) is 11.9 Å². The van der Waals surface area contributed by atoms with E-state index in [4.69, 9.17) is 18.9 Å². The number of esters is 1. The third-order valence-corrected chi connectivity index (χ3v) is 4.26. The molecule has 0 spiro atoms. The maximum Gasteiger partial charge on any atom is 0.310 e. The maximum atomic E-state index is 12.0. The summed E-state index contributed by atoms with van der Waals surface area (Å²) in [5, 5.41) is 0. The van der Waals surface area contributed by atoms with Gasteiger partial charge in [-0.25, -0.2) is 0 Å². The number of hydrogen-bond acceptors (Lipinski definition) is 6. The molecule has 1 aromatic carbocycles. The molecule has 1 heterocycles. The molecule has 1 fully saturated rings. The third-order valence-electron chi connectivity index (χ3n) is 4.26. The highest BCUT2D eigenvalue weighted by Gasteiger charge is 2.27. The number of ether oxygens (including phenoxy) is 4. The summed E-state index contributed by atoms with van der Waals surface area (Å²) in [5.41, 5.74) is 1.06. The van der Waals surface area contributed by atoms with Crippen LogP contribution in [-0.2, 0) is 16.1 Å². The first-order valence-corrected chi connectivity index (χ1v) is 8.30. The molecule has 0 aliphatic carbocycles. The van der Waals surface area contributed by atoms with Crippen LogP contribution in [0.2, 0.25) is 0 Å². The van der Waals surface area contributed by atoms with E-state index >= 15 is 0 Å². The van der Waals surface area contributed by atoms with Gasteiger partial charge in [0.05, 0.1) is 33.9 Å². The van der Waals surface area contributed by atoms with Crippen molar-refractivity contribution >= 4 is 5.97 Å². The Labute approximate surface area is 143 Å². The average Bonchev–Trinajstić information content (AvgIpc) is 2.61. The van der Waals surface area contributed by atoms with Gasteiger partial charge < -0.3 is 18.9 Å². The molecule has 0 radical (unpaired) electrons. The average molecular weight is 337 g/mol. The summed E-state index contributed by atoms with van der Waals surface area (Å²) in [6.07, 6.45) is 1.89. The highest BCUT2D eigenvalue weighted by Crippen LogP contribution is 2.38. The summed E-state index contributed by atoms with van der Waals surface area (Å²) in [5.74, 6) is 1.75. The van der Waals surface area contributed by atoms with Gasteiger partial charge in [-0.15, -0.1) is 0 Å². The SMILES string of the molecule is CCOC(=O)[C@@H]1CCCN(Cc2cc(OC)c(OC)c(OC)c2)C1. The molecule has 1 atom stereocenters. The van der Waals surface area contributed by atoms with Crippen molar-refractivity contribution in [3.8, 4) is 17.2 Å². The van der Waals surface area contributed by atoms with Gasteiger partial charge in [0.25, 0.3) is 0 Å². The van der Waals surface area contributed by atoms with Gasteiger partial charge in [0.1, 0.15) is 0 Å². The first-order valence-electron chi connectivity index (χ1n) is 8.30. The van der Waals surface area contributed by atoms with E-state index in [2.05, 4.69) is 4.90 Å². The lowest BCUT2D eigenvalue weighted by Gasteiger charge is -2.31. The van der Waals surface area contributed by atoms with Gasteiger partial charge in [-0.3, -0.25) is 9.69 Å². The smallest absolute Gasteiger partial charge is 0.310 e. The zero-order valence-electron chi connectivity index (χ0n) is 15.0. The van der Waals surface area contributed by atoms with Crippen molar-refractivity contribution in [2.45, 2.75) is 26.3 Å². The fourth-order valence-electron chi connectivity index (χ4n) is 3.14. The van der Waals surface area contributed by atoms with Gasteiger partial charge in [0, 0.05) is 13.1 Å². The number of hydrogen-bond donors (Lipinski definition) is 0. The van der Waals surface area contributed by atoms with Crippen molar-refractivity contribution < 1.29 is 23.7 Å². The zero-order valence-corrected chi connectivity index (χ0v) is 15.0. The molecular formula is C18H27NO5. The number of nitrogens with zero attached hydrogens (tertiary/aromatic N) is 1. The van der Waals surface area contributed by atoms with Gasteiger partial charge >= 0.3 is 5.97 Å². The summed E-state index contributed by atoms with van der Waals surface area (Å²) >= 11 is 0. The fraction of sp³-hybridized carbons (Fsp3) is 0.611. The van der Waals surface area contributed by atoms with Crippen LogP contribution in [0.5, 0.6) is 17.2 Å². The van der Waals surface area contributed by atoms with Crippen LogP contribution in [-0.4, -0.2) is 51.9 Å². The van der Waals surface area contributed by atoms with Gasteiger partial charge in [0.15, 0.2) is 11.5 Å². The molecule has 0 unspecified atom stereocenters. The number of rotatable bonds is 7. The molecule has 1 saturated heterocycles. The Kier molecular flexibility index (Phi) is 6.73. The molecule has 1 aromatic rings. The molecule has 6 heteroatoms. The normalized spacial score (nSPS) is 18.1. The van der Waals surface area contributed by atoms with E-state index in [1.807, 2.05) is 19.1 Å². The molecule has 24 heavy (non-hydrogen) atoms. The molecule has 134 valence electrons. The molecule has 0 saturated carbocycles. The molecule has 1 aliphatic heterocycles. The van der Waals surface area contributed by atoms with E-state index in [0.717, 1.165) is 38.0 Å². The Balaban J connectivity index is 2.11. The molecule has 2 rings (SSSR count). The lowest BCUT2D eigenvalue weighted by molar-refractivity contribution is -0.150. The van der Waals surface area contributed by atoms with Gasteiger partial charge in [-0.05, 0) is 44.0 Å². The second-order valence-electron chi connectivity index (χ2n) is 5.86. The molecule has 1 aliphatic rings. The maximum absolute atomic E-state index is 12.0. The molecule has 6 nitrogen and oxygen atoms in total. The van der Waals surface area contributed by atoms with Crippen molar-refractivity contribution in [3.63, 3.8) is 0 Å². The van der Waals surface area contributed by atoms with Crippen molar-refractivity contribution in [3.05, 3.63) is 17.7 Å². The quantitative estimate of drug-likeness (QED) is 0.713. The second kappa shape index (κ2) is 8.78. The highest BCUT2D eigenvalue weighted by molar-refractivity contribution is 5.72. The predicted molar refractivity (Wildman–Crippen MR) is 90.7 cm³/mol. The summed E-state index contributed by atoms with van der Waals surface area (Å²) in [7, 11) is 4.81. The van der Waals surface area contributed by atoms with E-state index < -0.39 is 0 Å². The number of methoxy groups -OCH3 is 3. The zero-order chi connectivity index (χ0) is 17.5. The lowest BCUT2D eigenvalue weighted by atomic mass is 9.97. The summed E-state index contributed by atoms with van der Waals surface area (Å²) in [6, 6.07) is 3.91. The highest BCUT2D eigenvalue weighted by atomic mass is 16.5. The van der Waals surface area contributed by atoms with E-state index in [0.29, 0.717) is 23.9 Å². The fourth-order valence-corrected chi connectivity index (χ4v) is 3.14. The number of carbonyl (C=O) groups excluding carboxylic acids is 1. The van der Waals surface area contributed by atoms with Crippen LogP contribution < -0.4 is 14.2 Å². The summed E-state index contributed by atoms with van der Waals surface area (Å²) in [4.78, 5) is 14.2. The second-order valence-corrected chi connectivity index (χ2v) is 5.86. The Bertz CT molecular complexity index is 535. The van der Waals surface area contributed by atoms with Crippen molar-refractivity contribution in [1.29, 1.82) is 0 Å². The van der Waals surface area contributed by atoms with Crippen LogP contribution in [0.1, 0.15) is 25.3 Å². The van der Waals surface area contributed by atoms with Crippen LogP contribution in [0, 0.1) is 5.92 Å². The van der Waals surface area contributed by atoms with Crippen LogP contribution in [0.4, 0.5) is 0 Å². The van der Waals surface area contributed by atoms with Crippen LogP contribution >= 0.6 is 0 Å². The Hall–Kier alpha value is -1.95. The number of benzene rings is 1. The topological polar surface area (TPSA) is 57.2 Å². The minimum Gasteiger partial charge on any atom is -0.493 e. The van der Waals surface area contributed by atoms with E-state index in [9.17, 15) is 4.79 Å². The molecule has 0 bridgehead atoms. The number of carbonyl (C=O) groups is 1. The third kappa shape index (κ3) is 4.32. The van der Waals surface area contributed by atoms with Gasteiger partial charge in [-0.1, -0.05) is 0 Å². The number of likely N-dealkylation sites (tertiary alicyclic amines) is 1. The molecule has 0 N–H and O–H groups in total. The lowest BCUT2D eigenvalue weighted by Crippen LogP contribution is -2.38. The predicted octanol–water partition coefficient (Wildman–Crippen LogP) is 2.49. The van der Waals surface area contributed by atoms with Crippen molar-refractivity contribution in [2.24, 2.45) is 5.92 Å². The monoisotopic (exact) mass is 337 g/mol. The Morgan fingerprint density at radius 2 is 1.83 bits per heavy atom. The van der Waals surface area contributed by atoms with E-state index in [1.54, 1.807) is 21.3 Å². The number of piperidine rings is 1. The van der Waals surface area contributed by atoms with E-state index in [1.165, 1.54) is 0 Å². The summed E-state index contributed by atoms with van der Waals surface area (Å²) in [6.45, 7) is 4.69. The Morgan fingerprint density at radius 3 is 2.38 bits per heavy atom. The summed E-state index contributed by atoms with van der Waals surface area (Å²) < 4.78 is 21.3.